The largest absolute Gasteiger partial charge is 0.495 e. The molecule has 0 spiro atoms. The maximum absolute atomic E-state index is 12.4. The van der Waals surface area contributed by atoms with Crippen molar-refractivity contribution >= 4 is 35.3 Å². The number of amides is 2. The van der Waals surface area contributed by atoms with Gasteiger partial charge in [-0.1, -0.05) is 12.1 Å². The Morgan fingerprint density at radius 1 is 0.658 bits per heavy atom. The maximum atomic E-state index is 12.4. The molecule has 2 aromatic carbocycles. The number of hydrogen-bond acceptors (Lipinski definition) is 6. The number of ether oxygens (including phenoxy) is 2. The van der Waals surface area contributed by atoms with Crippen LogP contribution < -0.4 is 20.1 Å². The highest BCUT2D eigenvalue weighted by atomic mass is 16.5. The molecular formula is C30H28N2O6. The second-order valence-corrected chi connectivity index (χ2v) is 8.37. The first kappa shape index (κ1) is 26.1. The van der Waals surface area contributed by atoms with Gasteiger partial charge in [-0.2, -0.15) is 0 Å². The minimum atomic E-state index is -0.317. The summed E-state index contributed by atoms with van der Waals surface area (Å²) in [6, 6.07) is 18.1. The molecule has 4 aromatic rings. The SMILES string of the molecule is COc1cc(-c2ccc(NC(=O)/C=C/c3ccc(C)o3)c(OC)c2)ccc1NC(=O)/C=C/c1ccc(C)o1. The normalized spacial score (nSPS) is 11.2. The van der Waals surface area contributed by atoms with Gasteiger partial charge in [0.05, 0.1) is 25.6 Å². The maximum Gasteiger partial charge on any atom is 0.248 e. The lowest BCUT2D eigenvalue weighted by Gasteiger charge is -2.14. The summed E-state index contributed by atoms with van der Waals surface area (Å²) in [5.74, 6) is 3.08. The average Bonchev–Trinajstić information content (AvgIpc) is 3.54. The number of benzene rings is 2. The van der Waals surface area contributed by atoms with E-state index in [1.54, 1.807) is 36.4 Å². The molecular weight excluding hydrogens is 484 g/mol. The lowest BCUT2D eigenvalue weighted by molar-refractivity contribution is -0.112. The van der Waals surface area contributed by atoms with Gasteiger partial charge in [-0.05, 0) is 85.7 Å². The Bertz CT molecular complexity index is 1390. The van der Waals surface area contributed by atoms with Crippen LogP contribution in [0.2, 0.25) is 0 Å². The van der Waals surface area contributed by atoms with Crippen molar-refractivity contribution in [2.45, 2.75) is 13.8 Å². The Kier molecular flexibility index (Phi) is 8.13. The van der Waals surface area contributed by atoms with E-state index < -0.39 is 0 Å². The summed E-state index contributed by atoms with van der Waals surface area (Å²) < 4.78 is 21.9. The van der Waals surface area contributed by atoms with Gasteiger partial charge < -0.3 is 28.9 Å². The van der Waals surface area contributed by atoms with Gasteiger partial charge in [0.15, 0.2) is 0 Å². The molecule has 0 saturated heterocycles. The zero-order chi connectivity index (χ0) is 27.1. The van der Waals surface area contributed by atoms with Gasteiger partial charge in [-0.15, -0.1) is 0 Å². The molecule has 0 radical (unpaired) electrons. The van der Waals surface area contributed by atoms with E-state index in [1.165, 1.54) is 26.4 Å². The number of nitrogens with one attached hydrogen (secondary N) is 2. The molecule has 0 bridgehead atoms. The van der Waals surface area contributed by atoms with Crippen molar-refractivity contribution in [1.82, 2.24) is 0 Å². The molecule has 0 saturated carbocycles. The minimum absolute atomic E-state index is 0.317. The number of carbonyl (C=O) groups excluding carboxylic acids is 2. The standard InChI is InChI=1S/C30H28N2O6/c1-19-5-9-23(37-19)11-15-29(33)31-25-13-7-21(17-27(25)35-3)22-8-14-26(28(18-22)36-4)32-30(34)16-12-24-10-6-20(2)38-24/h5-18H,1-4H3,(H,31,33)(H,32,34)/b15-11+,16-12+. The van der Waals surface area contributed by atoms with Crippen LogP contribution in [0, 0.1) is 13.8 Å². The molecule has 0 aliphatic heterocycles. The first-order valence-corrected chi connectivity index (χ1v) is 11.8. The van der Waals surface area contributed by atoms with E-state index in [2.05, 4.69) is 10.6 Å². The summed E-state index contributed by atoms with van der Waals surface area (Å²) in [7, 11) is 3.07. The Morgan fingerprint density at radius 2 is 1.08 bits per heavy atom. The Balaban J connectivity index is 1.47. The van der Waals surface area contributed by atoms with Crippen molar-refractivity contribution in [3.8, 4) is 22.6 Å². The fraction of sp³-hybridized carbons (Fsp3) is 0.133. The van der Waals surface area contributed by atoms with Crippen molar-refractivity contribution in [2.24, 2.45) is 0 Å². The van der Waals surface area contributed by atoms with Gasteiger partial charge in [-0.25, -0.2) is 0 Å². The van der Waals surface area contributed by atoms with Crippen LogP contribution in [-0.4, -0.2) is 26.0 Å². The molecule has 2 heterocycles. The van der Waals surface area contributed by atoms with E-state index in [-0.39, 0.29) is 11.8 Å². The fourth-order valence-electron chi connectivity index (χ4n) is 3.70. The summed E-state index contributed by atoms with van der Waals surface area (Å²) >= 11 is 0. The van der Waals surface area contributed by atoms with Crippen LogP contribution in [0.1, 0.15) is 23.0 Å². The fourth-order valence-corrected chi connectivity index (χ4v) is 3.70. The monoisotopic (exact) mass is 512 g/mol. The van der Waals surface area contributed by atoms with Crippen molar-refractivity contribution in [3.63, 3.8) is 0 Å². The lowest BCUT2D eigenvalue weighted by Crippen LogP contribution is -2.09. The third kappa shape index (κ3) is 6.61. The Hall–Kier alpha value is -4.98. The van der Waals surface area contributed by atoms with Crippen LogP contribution in [0.25, 0.3) is 23.3 Å². The van der Waals surface area contributed by atoms with E-state index >= 15 is 0 Å². The molecule has 4 rings (SSSR count). The average molecular weight is 513 g/mol. The number of carbonyl (C=O) groups is 2. The molecule has 8 heteroatoms. The predicted molar refractivity (Wildman–Crippen MR) is 147 cm³/mol. The minimum Gasteiger partial charge on any atom is -0.495 e. The summed E-state index contributed by atoms with van der Waals surface area (Å²) in [6.07, 6.45) is 6.00. The number of rotatable bonds is 9. The zero-order valence-corrected chi connectivity index (χ0v) is 21.5. The Morgan fingerprint density at radius 3 is 1.42 bits per heavy atom. The molecule has 2 N–H and O–H groups in total. The molecule has 0 aliphatic carbocycles. The lowest BCUT2D eigenvalue weighted by atomic mass is 10.0. The quantitative estimate of drug-likeness (QED) is 0.249. The molecule has 2 aromatic heterocycles. The first-order chi connectivity index (χ1) is 18.3. The Labute approximate surface area is 220 Å². The summed E-state index contributed by atoms with van der Waals surface area (Å²) in [5.41, 5.74) is 2.73. The summed E-state index contributed by atoms with van der Waals surface area (Å²) in [4.78, 5) is 24.8. The second-order valence-electron chi connectivity index (χ2n) is 8.37. The van der Waals surface area contributed by atoms with Crippen LogP contribution in [0.3, 0.4) is 0 Å². The van der Waals surface area contributed by atoms with Gasteiger partial charge in [-0.3, -0.25) is 9.59 Å². The van der Waals surface area contributed by atoms with Crippen molar-refractivity contribution in [1.29, 1.82) is 0 Å². The van der Waals surface area contributed by atoms with Gasteiger partial charge in [0.25, 0.3) is 0 Å². The molecule has 0 fully saturated rings. The van der Waals surface area contributed by atoms with Gasteiger partial charge in [0.2, 0.25) is 11.8 Å². The van der Waals surface area contributed by atoms with Crippen molar-refractivity contribution < 1.29 is 27.9 Å². The topological polar surface area (TPSA) is 103 Å². The smallest absolute Gasteiger partial charge is 0.248 e. The predicted octanol–water partition coefficient (Wildman–Crippen LogP) is 6.48. The van der Waals surface area contributed by atoms with E-state index in [1.807, 2.05) is 50.2 Å². The highest BCUT2D eigenvalue weighted by molar-refractivity contribution is 6.03. The van der Waals surface area contributed by atoms with E-state index in [4.69, 9.17) is 18.3 Å². The van der Waals surface area contributed by atoms with E-state index in [9.17, 15) is 9.59 Å². The molecule has 194 valence electrons. The van der Waals surface area contributed by atoms with Crippen LogP contribution in [0.15, 0.2) is 81.7 Å². The zero-order valence-electron chi connectivity index (χ0n) is 21.5. The molecule has 2 amide bonds. The number of methoxy groups -OCH3 is 2. The third-order valence-electron chi connectivity index (χ3n) is 5.57. The molecule has 0 atom stereocenters. The van der Waals surface area contributed by atoms with Gasteiger partial charge in [0, 0.05) is 12.2 Å². The second kappa shape index (κ2) is 11.8. The summed E-state index contributed by atoms with van der Waals surface area (Å²) in [5, 5.41) is 5.64. The number of hydrogen-bond donors (Lipinski definition) is 2. The number of aryl methyl sites for hydroxylation is 2. The third-order valence-corrected chi connectivity index (χ3v) is 5.57. The van der Waals surface area contributed by atoms with E-state index in [0.717, 1.165) is 22.6 Å². The van der Waals surface area contributed by atoms with Crippen molar-refractivity contribution in [3.05, 3.63) is 95.9 Å². The van der Waals surface area contributed by atoms with Gasteiger partial charge >= 0.3 is 0 Å². The number of anilines is 2. The van der Waals surface area contributed by atoms with Gasteiger partial charge in [0.1, 0.15) is 34.5 Å². The van der Waals surface area contributed by atoms with Crippen LogP contribution in [-0.2, 0) is 9.59 Å². The number of furan rings is 2. The molecule has 8 nitrogen and oxygen atoms in total. The van der Waals surface area contributed by atoms with Crippen molar-refractivity contribution in [2.75, 3.05) is 24.9 Å². The highest BCUT2D eigenvalue weighted by Gasteiger charge is 2.12. The van der Waals surface area contributed by atoms with Crippen LogP contribution >= 0.6 is 0 Å². The van der Waals surface area contributed by atoms with Crippen LogP contribution in [0.4, 0.5) is 11.4 Å². The molecule has 0 aliphatic rings. The summed E-state index contributed by atoms with van der Waals surface area (Å²) in [6.45, 7) is 3.68. The first-order valence-electron chi connectivity index (χ1n) is 11.8. The van der Waals surface area contributed by atoms with E-state index in [0.29, 0.717) is 34.4 Å². The van der Waals surface area contributed by atoms with Crippen LogP contribution in [0.5, 0.6) is 11.5 Å². The molecule has 38 heavy (non-hydrogen) atoms. The highest BCUT2D eigenvalue weighted by Crippen LogP contribution is 2.35. The molecule has 0 unspecified atom stereocenters.